The molecular weight excluding hydrogens is 400 g/mol. The van der Waals surface area contributed by atoms with Gasteiger partial charge in [0.05, 0.1) is 29.6 Å². The number of fused-ring (bicyclic) bond motifs is 1. The Labute approximate surface area is 166 Å². The van der Waals surface area contributed by atoms with E-state index in [1.54, 1.807) is 51.3 Å². The van der Waals surface area contributed by atoms with E-state index >= 15 is 0 Å². The number of anilines is 2. The van der Waals surface area contributed by atoms with Crippen molar-refractivity contribution in [1.29, 1.82) is 0 Å². The molecule has 0 spiro atoms. The second-order valence-corrected chi connectivity index (χ2v) is 10.6. The molecule has 0 amide bonds. The molecule has 9 heteroatoms. The van der Waals surface area contributed by atoms with E-state index in [9.17, 15) is 16.8 Å². The van der Waals surface area contributed by atoms with Gasteiger partial charge in [-0.3, -0.25) is 9.03 Å². The molecule has 28 heavy (non-hydrogen) atoms. The van der Waals surface area contributed by atoms with Crippen molar-refractivity contribution in [2.75, 3.05) is 28.9 Å². The van der Waals surface area contributed by atoms with Crippen molar-refractivity contribution in [3.8, 4) is 5.75 Å². The molecule has 0 aliphatic carbocycles. The van der Waals surface area contributed by atoms with Crippen molar-refractivity contribution >= 4 is 31.4 Å². The Balaban J connectivity index is 1.98. The molecule has 1 heterocycles. The number of ether oxygens (including phenoxy) is 1. The first kappa shape index (κ1) is 20.5. The lowest BCUT2D eigenvalue weighted by atomic mass is 10.0. The Morgan fingerprint density at radius 1 is 1.04 bits per heavy atom. The van der Waals surface area contributed by atoms with Gasteiger partial charge in [0.15, 0.2) is 0 Å². The van der Waals surface area contributed by atoms with Gasteiger partial charge in [0.25, 0.3) is 10.0 Å². The molecule has 0 saturated carbocycles. The van der Waals surface area contributed by atoms with Crippen LogP contribution in [0.15, 0.2) is 35.2 Å². The first-order chi connectivity index (χ1) is 13.0. The molecule has 1 aliphatic heterocycles. The van der Waals surface area contributed by atoms with Crippen LogP contribution < -0.4 is 13.8 Å². The van der Waals surface area contributed by atoms with E-state index in [1.165, 1.54) is 4.31 Å². The fourth-order valence-electron chi connectivity index (χ4n) is 3.55. The van der Waals surface area contributed by atoms with Crippen LogP contribution >= 0.6 is 0 Å². The molecule has 0 bridgehead atoms. The molecule has 0 atom stereocenters. The van der Waals surface area contributed by atoms with E-state index in [0.717, 1.165) is 35.8 Å². The molecular formula is C19H24N2O5S2. The van der Waals surface area contributed by atoms with Crippen molar-refractivity contribution in [3.63, 3.8) is 0 Å². The standard InChI is InChI=1S/C19H24N2O5S2/c1-13-10-17(11-14(2)19(13)26-3)28(24,25)20-16-8-7-15-6-5-9-21(18(15)12-16)27(4,22)23/h7-8,10-12,20H,5-6,9H2,1-4H3. The molecule has 1 aliphatic rings. The molecule has 152 valence electrons. The number of hydrogen-bond donors (Lipinski definition) is 1. The number of hydrogen-bond acceptors (Lipinski definition) is 5. The van der Waals surface area contributed by atoms with E-state index < -0.39 is 20.0 Å². The van der Waals surface area contributed by atoms with Crippen molar-refractivity contribution in [1.82, 2.24) is 0 Å². The molecule has 0 aromatic heterocycles. The first-order valence-corrected chi connectivity index (χ1v) is 12.1. The highest BCUT2D eigenvalue weighted by Gasteiger charge is 2.25. The lowest BCUT2D eigenvalue weighted by Crippen LogP contribution is -2.34. The van der Waals surface area contributed by atoms with Gasteiger partial charge in [-0.1, -0.05) is 6.07 Å². The minimum absolute atomic E-state index is 0.126. The first-order valence-electron chi connectivity index (χ1n) is 8.81. The Morgan fingerprint density at radius 3 is 2.25 bits per heavy atom. The average molecular weight is 425 g/mol. The lowest BCUT2D eigenvalue weighted by Gasteiger charge is -2.29. The summed E-state index contributed by atoms with van der Waals surface area (Å²) < 4.78 is 59.1. The van der Waals surface area contributed by atoms with Gasteiger partial charge in [-0.05, 0) is 67.6 Å². The van der Waals surface area contributed by atoms with Crippen LogP contribution in [-0.4, -0.2) is 36.7 Å². The quantitative estimate of drug-likeness (QED) is 0.797. The number of aryl methyl sites for hydroxylation is 3. The van der Waals surface area contributed by atoms with Crippen LogP contribution in [0.4, 0.5) is 11.4 Å². The number of nitrogens with zero attached hydrogens (tertiary/aromatic N) is 1. The number of nitrogens with one attached hydrogen (secondary N) is 1. The number of methoxy groups -OCH3 is 1. The molecule has 1 N–H and O–H groups in total. The fraction of sp³-hybridized carbons (Fsp3) is 0.368. The van der Waals surface area contributed by atoms with Gasteiger partial charge in [-0.25, -0.2) is 16.8 Å². The second-order valence-electron chi connectivity index (χ2n) is 6.98. The molecule has 2 aromatic carbocycles. The summed E-state index contributed by atoms with van der Waals surface area (Å²) in [4.78, 5) is 0.126. The molecule has 0 fully saturated rings. The molecule has 0 radical (unpaired) electrons. The van der Waals surface area contributed by atoms with Gasteiger partial charge in [0, 0.05) is 6.54 Å². The highest BCUT2D eigenvalue weighted by atomic mass is 32.2. The predicted octanol–water partition coefficient (Wildman–Crippen LogP) is 2.83. The largest absolute Gasteiger partial charge is 0.496 e. The van der Waals surface area contributed by atoms with E-state index in [2.05, 4.69) is 4.72 Å². The summed E-state index contributed by atoms with van der Waals surface area (Å²) in [5.74, 6) is 0.650. The fourth-order valence-corrected chi connectivity index (χ4v) is 5.76. The third-order valence-corrected chi connectivity index (χ3v) is 7.30. The molecule has 0 saturated heterocycles. The van der Waals surface area contributed by atoms with E-state index in [4.69, 9.17) is 4.74 Å². The van der Waals surface area contributed by atoms with Crippen LogP contribution in [0.3, 0.4) is 0 Å². The Bertz CT molecular complexity index is 1100. The van der Waals surface area contributed by atoms with Crippen molar-refractivity contribution < 1.29 is 21.6 Å². The zero-order valence-electron chi connectivity index (χ0n) is 16.3. The van der Waals surface area contributed by atoms with Gasteiger partial charge in [-0.2, -0.15) is 0 Å². The summed E-state index contributed by atoms with van der Waals surface area (Å²) in [7, 11) is -5.72. The summed E-state index contributed by atoms with van der Waals surface area (Å²) in [6, 6.07) is 8.11. The summed E-state index contributed by atoms with van der Waals surface area (Å²) in [6.45, 7) is 3.96. The highest BCUT2D eigenvalue weighted by Crippen LogP contribution is 2.33. The normalized spacial score (nSPS) is 14.5. The minimum Gasteiger partial charge on any atom is -0.496 e. The smallest absolute Gasteiger partial charge is 0.261 e. The summed E-state index contributed by atoms with van der Waals surface area (Å²) in [6.07, 6.45) is 2.64. The summed E-state index contributed by atoms with van der Waals surface area (Å²) in [5.41, 5.74) is 3.17. The molecule has 3 rings (SSSR count). The van der Waals surface area contributed by atoms with E-state index in [1.807, 2.05) is 0 Å². The Hall–Kier alpha value is -2.26. The maximum atomic E-state index is 12.9. The average Bonchev–Trinajstić information content (AvgIpc) is 2.59. The van der Waals surface area contributed by atoms with Gasteiger partial charge >= 0.3 is 0 Å². The van der Waals surface area contributed by atoms with Crippen molar-refractivity contribution in [3.05, 3.63) is 47.0 Å². The zero-order chi connectivity index (χ0) is 20.7. The molecule has 0 unspecified atom stereocenters. The number of sulfonamides is 2. The summed E-state index contributed by atoms with van der Waals surface area (Å²) in [5, 5.41) is 0. The van der Waals surface area contributed by atoms with Gasteiger partial charge < -0.3 is 4.74 Å². The maximum absolute atomic E-state index is 12.9. The van der Waals surface area contributed by atoms with Gasteiger partial charge in [0.2, 0.25) is 10.0 Å². The van der Waals surface area contributed by atoms with E-state index in [0.29, 0.717) is 23.7 Å². The van der Waals surface area contributed by atoms with Crippen LogP contribution in [0.1, 0.15) is 23.1 Å². The van der Waals surface area contributed by atoms with Crippen LogP contribution in [0.25, 0.3) is 0 Å². The van der Waals surface area contributed by atoms with Crippen LogP contribution in [0.2, 0.25) is 0 Å². The SMILES string of the molecule is COc1c(C)cc(S(=O)(=O)Nc2ccc3c(c2)N(S(C)(=O)=O)CCC3)cc1C. The number of rotatable bonds is 5. The maximum Gasteiger partial charge on any atom is 0.261 e. The van der Waals surface area contributed by atoms with Gasteiger partial charge in [0.1, 0.15) is 5.75 Å². The van der Waals surface area contributed by atoms with Gasteiger partial charge in [-0.15, -0.1) is 0 Å². The summed E-state index contributed by atoms with van der Waals surface area (Å²) >= 11 is 0. The van der Waals surface area contributed by atoms with E-state index in [-0.39, 0.29) is 4.90 Å². The predicted molar refractivity (Wildman–Crippen MR) is 110 cm³/mol. The third-order valence-electron chi connectivity index (χ3n) is 4.76. The highest BCUT2D eigenvalue weighted by molar-refractivity contribution is 7.92. The topological polar surface area (TPSA) is 92.8 Å². The second kappa shape index (κ2) is 7.29. The monoisotopic (exact) mass is 424 g/mol. The zero-order valence-corrected chi connectivity index (χ0v) is 17.9. The van der Waals surface area contributed by atoms with Crippen LogP contribution in [0, 0.1) is 13.8 Å². The molecule has 7 nitrogen and oxygen atoms in total. The lowest BCUT2D eigenvalue weighted by molar-refractivity contribution is 0.408. The van der Waals surface area contributed by atoms with Crippen molar-refractivity contribution in [2.24, 2.45) is 0 Å². The number of benzene rings is 2. The molecule has 2 aromatic rings. The van der Waals surface area contributed by atoms with Crippen LogP contribution in [-0.2, 0) is 26.5 Å². The minimum atomic E-state index is -3.84. The van der Waals surface area contributed by atoms with Crippen LogP contribution in [0.5, 0.6) is 5.75 Å². The Morgan fingerprint density at radius 2 is 1.68 bits per heavy atom. The Kier molecular flexibility index (Phi) is 5.33. The van der Waals surface area contributed by atoms with Crippen molar-refractivity contribution in [2.45, 2.75) is 31.6 Å². The third kappa shape index (κ3) is 3.95.